The van der Waals surface area contributed by atoms with Gasteiger partial charge in [-0.3, -0.25) is 9.05 Å². The van der Waals surface area contributed by atoms with E-state index in [4.69, 9.17) is 9.05 Å². The lowest BCUT2D eigenvalue weighted by Gasteiger charge is -2.27. The summed E-state index contributed by atoms with van der Waals surface area (Å²) in [6.45, 7) is 10.9. The van der Waals surface area contributed by atoms with E-state index < -0.39 is 13.3 Å². The highest BCUT2D eigenvalue weighted by molar-refractivity contribution is 7.52. The molecule has 1 unspecified atom stereocenters. The van der Waals surface area contributed by atoms with E-state index in [0.717, 1.165) is 13.1 Å². The largest absolute Gasteiger partial charge is 0.457 e. The summed E-state index contributed by atoms with van der Waals surface area (Å²) in [5.74, 6) is 0.647. The van der Waals surface area contributed by atoms with Gasteiger partial charge in [-0.2, -0.15) is 0 Å². The maximum atomic E-state index is 12.8. The maximum Gasteiger partial charge on any atom is 0.457 e. The average Bonchev–Trinajstić information content (AvgIpc) is 2.44. The highest BCUT2D eigenvalue weighted by Crippen LogP contribution is 2.54. The van der Waals surface area contributed by atoms with E-state index in [-0.39, 0.29) is 6.10 Å². The molecule has 112 valence electrons. The van der Waals surface area contributed by atoms with Gasteiger partial charge in [0.25, 0.3) is 0 Å². The molecule has 1 aliphatic rings. The zero-order valence-electron chi connectivity index (χ0n) is 13.0. The van der Waals surface area contributed by atoms with Gasteiger partial charge in [-0.25, -0.2) is 4.57 Å². The third-order valence-corrected chi connectivity index (χ3v) is 4.29. The minimum atomic E-state index is -3.52. The Hall–Kier alpha value is -0.580. The van der Waals surface area contributed by atoms with Crippen molar-refractivity contribution in [2.45, 2.75) is 46.3 Å². The van der Waals surface area contributed by atoms with Crippen molar-refractivity contribution in [3.63, 3.8) is 0 Å². The lowest BCUT2D eigenvalue weighted by Crippen LogP contribution is -2.29. The quantitative estimate of drug-likeness (QED) is 0.745. The van der Waals surface area contributed by atoms with Crippen LogP contribution >= 0.6 is 7.75 Å². The third kappa shape index (κ3) is 5.13. The number of guanidine groups is 1. The second kappa shape index (κ2) is 5.81. The molecule has 1 heterocycles. The fourth-order valence-electron chi connectivity index (χ4n) is 1.73. The molecule has 1 saturated heterocycles. The van der Waals surface area contributed by atoms with Crippen LogP contribution in [0.15, 0.2) is 4.76 Å². The summed E-state index contributed by atoms with van der Waals surface area (Å²) in [6.07, 6.45) is -0.213. The van der Waals surface area contributed by atoms with Crippen LogP contribution in [-0.2, 0) is 13.6 Å². The lowest BCUT2D eigenvalue weighted by molar-refractivity contribution is 0.0825. The summed E-state index contributed by atoms with van der Waals surface area (Å²) in [4.78, 5) is 3.89. The summed E-state index contributed by atoms with van der Waals surface area (Å²) in [5, 5.41) is 0. The molecule has 1 aliphatic heterocycles. The molecule has 0 aromatic carbocycles. The second-order valence-electron chi connectivity index (χ2n) is 6.07. The Morgan fingerprint density at radius 1 is 1.21 bits per heavy atom. The van der Waals surface area contributed by atoms with Crippen molar-refractivity contribution in [2.24, 2.45) is 4.76 Å². The molecule has 0 spiro atoms. The van der Waals surface area contributed by atoms with Gasteiger partial charge in [-0.15, -0.1) is 4.76 Å². The normalized spacial score (nSPS) is 20.1. The topological polar surface area (TPSA) is 54.4 Å². The summed E-state index contributed by atoms with van der Waals surface area (Å²) >= 11 is 0. The van der Waals surface area contributed by atoms with Gasteiger partial charge in [-0.05, 0) is 34.6 Å². The van der Waals surface area contributed by atoms with Crippen LogP contribution in [0.3, 0.4) is 0 Å². The van der Waals surface area contributed by atoms with Gasteiger partial charge in [-0.1, -0.05) is 0 Å². The van der Waals surface area contributed by atoms with Crippen LogP contribution < -0.4 is 0 Å². The Morgan fingerprint density at radius 3 is 2.05 bits per heavy atom. The van der Waals surface area contributed by atoms with Crippen molar-refractivity contribution in [2.75, 3.05) is 27.2 Å². The van der Waals surface area contributed by atoms with Gasteiger partial charge in [0.1, 0.15) is 0 Å². The monoisotopic (exact) mass is 291 g/mol. The van der Waals surface area contributed by atoms with Gasteiger partial charge in [0.15, 0.2) is 0 Å². The molecule has 1 rings (SSSR count). The molecule has 1 atom stereocenters. The third-order valence-electron chi connectivity index (χ3n) is 2.40. The Labute approximate surface area is 116 Å². The molecule has 0 saturated carbocycles. The predicted molar refractivity (Wildman–Crippen MR) is 77.4 cm³/mol. The molecule has 0 aliphatic carbocycles. The summed E-state index contributed by atoms with van der Waals surface area (Å²) < 4.78 is 28.1. The highest BCUT2D eigenvalue weighted by atomic mass is 31.2. The second-order valence-corrected chi connectivity index (χ2v) is 7.60. The molecule has 0 aromatic rings. The Bertz CT molecular complexity index is 378. The average molecular weight is 291 g/mol. The SMILES string of the molecule is CC(C)OP(=O)(N=C1N(C)CCN1C)OC(C)(C)C. The molecule has 6 nitrogen and oxygen atoms in total. The molecule has 19 heavy (non-hydrogen) atoms. The first-order chi connectivity index (χ1) is 8.52. The number of rotatable bonds is 4. The number of hydrogen-bond donors (Lipinski definition) is 0. The Balaban J connectivity index is 3.04. The standard InChI is InChI=1S/C12H26N3O3P/c1-10(2)17-19(16,18-12(3,4)5)13-11-14(6)8-9-15(11)7/h10H,8-9H2,1-7H3. The van der Waals surface area contributed by atoms with E-state index in [0.29, 0.717) is 5.96 Å². The fourth-order valence-corrected chi connectivity index (χ4v) is 3.61. The number of likely N-dealkylation sites (N-methyl/N-ethyl adjacent to an activating group) is 2. The van der Waals surface area contributed by atoms with E-state index in [1.54, 1.807) is 0 Å². The van der Waals surface area contributed by atoms with Crippen LogP contribution in [0.5, 0.6) is 0 Å². The van der Waals surface area contributed by atoms with Crippen LogP contribution in [0.4, 0.5) is 0 Å². The van der Waals surface area contributed by atoms with Crippen molar-refractivity contribution in [1.82, 2.24) is 9.80 Å². The lowest BCUT2D eigenvalue weighted by atomic mass is 10.2. The maximum absolute atomic E-state index is 12.8. The van der Waals surface area contributed by atoms with Crippen molar-refractivity contribution in [3.05, 3.63) is 0 Å². The van der Waals surface area contributed by atoms with Crippen molar-refractivity contribution < 1.29 is 13.6 Å². The van der Waals surface area contributed by atoms with Crippen LogP contribution in [0.25, 0.3) is 0 Å². The first-order valence-corrected chi connectivity index (χ1v) is 8.04. The van der Waals surface area contributed by atoms with E-state index >= 15 is 0 Å². The van der Waals surface area contributed by atoms with E-state index in [9.17, 15) is 4.57 Å². The van der Waals surface area contributed by atoms with Gasteiger partial charge >= 0.3 is 7.75 Å². The van der Waals surface area contributed by atoms with E-state index in [2.05, 4.69) is 4.76 Å². The summed E-state index contributed by atoms with van der Waals surface area (Å²) in [5.41, 5.74) is -0.579. The molecular weight excluding hydrogens is 265 g/mol. The van der Waals surface area contributed by atoms with E-state index in [1.807, 2.05) is 58.5 Å². The molecule has 0 bridgehead atoms. The number of hydrogen-bond acceptors (Lipinski definition) is 3. The van der Waals surface area contributed by atoms with Gasteiger partial charge in [0, 0.05) is 27.2 Å². The van der Waals surface area contributed by atoms with E-state index in [1.165, 1.54) is 0 Å². The molecule has 0 amide bonds. The molecular formula is C12H26N3O3P. The zero-order chi connectivity index (χ0) is 14.8. The minimum Gasteiger partial charge on any atom is -0.344 e. The zero-order valence-corrected chi connectivity index (χ0v) is 13.9. The smallest absolute Gasteiger partial charge is 0.344 e. The first kappa shape index (κ1) is 16.5. The number of nitrogens with zero attached hydrogens (tertiary/aromatic N) is 3. The minimum absolute atomic E-state index is 0.213. The van der Waals surface area contributed by atoms with Gasteiger partial charge in [0.05, 0.1) is 11.7 Å². The van der Waals surface area contributed by atoms with Crippen molar-refractivity contribution in [3.8, 4) is 0 Å². The van der Waals surface area contributed by atoms with Crippen LogP contribution in [-0.4, -0.2) is 54.6 Å². The summed E-state index contributed by atoms with van der Waals surface area (Å²) in [7, 11) is 0.315. The first-order valence-electron chi connectivity index (χ1n) is 6.54. The van der Waals surface area contributed by atoms with Gasteiger partial charge < -0.3 is 9.80 Å². The van der Waals surface area contributed by atoms with Crippen molar-refractivity contribution in [1.29, 1.82) is 0 Å². The predicted octanol–water partition coefficient (Wildman–Crippen LogP) is 2.57. The molecule has 7 heteroatoms. The Kier molecular flexibility index (Phi) is 5.04. The molecule has 1 fully saturated rings. The molecule has 0 aromatic heterocycles. The van der Waals surface area contributed by atoms with Crippen LogP contribution in [0.2, 0.25) is 0 Å². The summed E-state index contributed by atoms with van der Waals surface area (Å²) in [6, 6.07) is 0. The van der Waals surface area contributed by atoms with Crippen molar-refractivity contribution >= 4 is 13.7 Å². The Morgan fingerprint density at radius 2 is 1.68 bits per heavy atom. The molecule has 0 radical (unpaired) electrons. The highest BCUT2D eigenvalue weighted by Gasteiger charge is 2.35. The van der Waals surface area contributed by atoms with Crippen LogP contribution in [0, 0.1) is 0 Å². The van der Waals surface area contributed by atoms with Gasteiger partial charge in [0.2, 0.25) is 5.96 Å². The fraction of sp³-hybridized carbons (Fsp3) is 0.917. The van der Waals surface area contributed by atoms with Crippen LogP contribution in [0.1, 0.15) is 34.6 Å². The molecule has 0 N–H and O–H groups in total.